The number of aliphatic hydroxyl groups excluding tert-OH is 1. The highest BCUT2D eigenvalue weighted by molar-refractivity contribution is 9.10. The molecule has 0 aliphatic heterocycles. The Morgan fingerprint density at radius 2 is 1.75 bits per heavy atom. The monoisotopic (exact) mass is 363 g/mol. The van der Waals surface area contributed by atoms with Crippen LogP contribution in [0.1, 0.15) is 37.8 Å². The molecule has 20 heavy (non-hydrogen) atoms. The Hall–Kier alpha value is -0.430. The summed E-state index contributed by atoms with van der Waals surface area (Å²) in [5.41, 5.74) is 1.42. The van der Waals surface area contributed by atoms with Gasteiger partial charge in [0.15, 0.2) is 0 Å². The second-order valence-electron chi connectivity index (χ2n) is 4.79. The van der Waals surface area contributed by atoms with Crippen molar-refractivity contribution < 1.29 is 13.5 Å². The third-order valence-electron chi connectivity index (χ3n) is 3.03. The normalized spacial score (nSPS) is 12.1. The summed E-state index contributed by atoms with van der Waals surface area (Å²) in [6, 6.07) is 3.33. The zero-order valence-electron chi connectivity index (χ0n) is 12.2. The lowest BCUT2D eigenvalue weighted by Gasteiger charge is -2.22. The molecular formula is C14H22BrNO3S. The Morgan fingerprint density at radius 3 is 2.20 bits per heavy atom. The van der Waals surface area contributed by atoms with Crippen LogP contribution >= 0.6 is 15.9 Å². The van der Waals surface area contributed by atoms with E-state index in [1.54, 1.807) is 12.1 Å². The number of nitrogens with zero attached hydrogens (tertiary/aromatic N) is 1. The molecule has 0 aromatic heterocycles. The van der Waals surface area contributed by atoms with Crippen LogP contribution < -0.4 is 0 Å². The summed E-state index contributed by atoms with van der Waals surface area (Å²) in [5.74, 6) is 0. The zero-order chi connectivity index (χ0) is 15.3. The predicted octanol–water partition coefficient (Wildman–Crippen LogP) is 3.06. The molecule has 0 spiro atoms. The smallest absolute Gasteiger partial charge is 0.244 e. The molecule has 0 saturated heterocycles. The standard InChI is InChI=1S/C14H22BrNO3S/c1-4-6-16(7-5-2)20(18,19)13-9-12(10-17)8-11(3)14(13)15/h8-9,17H,4-7,10H2,1-3H3. The largest absolute Gasteiger partial charge is 0.392 e. The van der Waals surface area contributed by atoms with Crippen molar-refractivity contribution in [3.63, 3.8) is 0 Å². The molecule has 6 heteroatoms. The Morgan fingerprint density at radius 1 is 1.20 bits per heavy atom. The minimum atomic E-state index is -3.54. The van der Waals surface area contributed by atoms with Gasteiger partial charge >= 0.3 is 0 Å². The number of hydrogen-bond donors (Lipinski definition) is 1. The lowest BCUT2D eigenvalue weighted by atomic mass is 10.1. The van der Waals surface area contributed by atoms with E-state index in [0.717, 1.165) is 18.4 Å². The molecule has 0 bridgehead atoms. The van der Waals surface area contributed by atoms with Crippen molar-refractivity contribution in [2.24, 2.45) is 0 Å². The summed E-state index contributed by atoms with van der Waals surface area (Å²) < 4.78 is 27.6. The van der Waals surface area contributed by atoms with E-state index in [4.69, 9.17) is 0 Å². The van der Waals surface area contributed by atoms with E-state index in [0.29, 0.717) is 23.1 Å². The molecule has 0 radical (unpaired) electrons. The summed E-state index contributed by atoms with van der Waals surface area (Å²) >= 11 is 3.36. The van der Waals surface area contributed by atoms with E-state index in [-0.39, 0.29) is 11.5 Å². The van der Waals surface area contributed by atoms with Crippen LogP contribution in [0.2, 0.25) is 0 Å². The number of rotatable bonds is 7. The van der Waals surface area contributed by atoms with Gasteiger partial charge in [0, 0.05) is 17.6 Å². The molecule has 1 aromatic carbocycles. The number of sulfonamides is 1. The third kappa shape index (κ3) is 3.81. The molecular weight excluding hydrogens is 342 g/mol. The summed E-state index contributed by atoms with van der Waals surface area (Å²) in [4.78, 5) is 0.239. The van der Waals surface area contributed by atoms with Crippen LogP contribution in [0.15, 0.2) is 21.5 Å². The van der Waals surface area contributed by atoms with Crippen LogP contribution in [0, 0.1) is 6.92 Å². The second kappa shape index (κ2) is 7.54. The molecule has 0 aliphatic carbocycles. The van der Waals surface area contributed by atoms with Crippen molar-refractivity contribution in [2.75, 3.05) is 13.1 Å². The lowest BCUT2D eigenvalue weighted by Crippen LogP contribution is -2.33. The molecule has 0 aliphatic rings. The highest BCUT2D eigenvalue weighted by Crippen LogP contribution is 2.30. The van der Waals surface area contributed by atoms with Crippen molar-refractivity contribution in [3.8, 4) is 0 Å². The maximum Gasteiger partial charge on any atom is 0.244 e. The number of aryl methyl sites for hydroxylation is 1. The van der Waals surface area contributed by atoms with E-state index in [1.807, 2.05) is 20.8 Å². The first-order valence-corrected chi connectivity index (χ1v) is 9.01. The lowest BCUT2D eigenvalue weighted by molar-refractivity contribution is 0.281. The fraction of sp³-hybridized carbons (Fsp3) is 0.571. The van der Waals surface area contributed by atoms with Crippen molar-refractivity contribution in [3.05, 3.63) is 27.7 Å². The minimum absolute atomic E-state index is 0.168. The summed E-state index contributed by atoms with van der Waals surface area (Å²) in [5, 5.41) is 9.26. The molecule has 0 fully saturated rings. The summed E-state index contributed by atoms with van der Waals surface area (Å²) in [7, 11) is -3.54. The summed E-state index contributed by atoms with van der Waals surface area (Å²) in [6.07, 6.45) is 1.55. The van der Waals surface area contributed by atoms with E-state index < -0.39 is 10.0 Å². The van der Waals surface area contributed by atoms with Gasteiger partial charge in [0.05, 0.1) is 11.5 Å². The highest BCUT2D eigenvalue weighted by atomic mass is 79.9. The van der Waals surface area contributed by atoms with Gasteiger partial charge in [-0.05, 0) is 52.9 Å². The first-order valence-electron chi connectivity index (χ1n) is 6.78. The number of benzene rings is 1. The second-order valence-corrected chi connectivity index (χ2v) is 7.49. The molecule has 4 nitrogen and oxygen atoms in total. The van der Waals surface area contributed by atoms with E-state index >= 15 is 0 Å². The SMILES string of the molecule is CCCN(CCC)S(=O)(=O)c1cc(CO)cc(C)c1Br. The molecule has 114 valence electrons. The van der Waals surface area contributed by atoms with Crippen molar-refractivity contribution in [1.29, 1.82) is 0 Å². The Kier molecular flexibility index (Phi) is 6.64. The maximum absolute atomic E-state index is 12.8. The molecule has 1 rings (SSSR count). The van der Waals surface area contributed by atoms with Gasteiger partial charge in [0.25, 0.3) is 0 Å². The highest BCUT2D eigenvalue weighted by Gasteiger charge is 2.26. The van der Waals surface area contributed by atoms with Crippen molar-refractivity contribution in [2.45, 2.75) is 45.1 Å². The molecule has 0 saturated carbocycles. The van der Waals surface area contributed by atoms with E-state index in [2.05, 4.69) is 15.9 Å². The van der Waals surface area contributed by atoms with Gasteiger partial charge in [-0.1, -0.05) is 19.9 Å². The van der Waals surface area contributed by atoms with Gasteiger partial charge in [-0.25, -0.2) is 8.42 Å². The summed E-state index contributed by atoms with van der Waals surface area (Å²) in [6.45, 7) is 6.59. The molecule has 0 heterocycles. The molecule has 1 N–H and O–H groups in total. The average molecular weight is 364 g/mol. The Labute approximate surface area is 130 Å². The fourth-order valence-corrected chi connectivity index (χ4v) is 4.73. The van der Waals surface area contributed by atoms with E-state index in [1.165, 1.54) is 4.31 Å². The van der Waals surface area contributed by atoms with Gasteiger partial charge in [0.1, 0.15) is 0 Å². The minimum Gasteiger partial charge on any atom is -0.392 e. The average Bonchev–Trinajstić information content (AvgIpc) is 2.41. The van der Waals surface area contributed by atoms with E-state index in [9.17, 15) is 13.5 Å². The van der Waals surface area contributed by atoms with Crippen molar-refractivity contribution >= 4 is 26.0 Å². The van der Waals surface area contributed by atoms with Crippen LogP contribution in [0.5, 0.6) is 0 Å². The van der Waals surface area contributed by atoms with Gasteiger partial charge in [-0.15, -0.1) is 0 Å². The Bertz CT molecular complexity index is 552. The Balaban J connectivity index is 3.36. The number of hydrogen-bond acceptors (Lipinski definition) is 3. The number of aliphatic hydroxyl groups is 1. The quantitative estimate of drug-likeness (QED) is 0.809. The third-order valence-corrected chi connectivity index (χ3v) is 6.27. The van der Waals surface area contributed by atoms with Crippen LogP contribution in [0.3, 0.4) is 0 Å². The predicted molar refractivity (Wildman–Crippen MR) is 84.1 cm³/mol. The molecule has 0 unspecified atom stereocenters. The maximum atomic E-state index is 12.8. The molecule has 1 aromatic rings. The molecule has 0 atom stereocenters. The van der Waals surface area contributed by atoms with Gasteiger partial charge in [0.2, 0.25) is 10.0 Å². The van der Waals surface area contributed by atoms with Crippen LogP contribution in [-0.4, -0.2) is 30.9 Å². The van der Waals surface area contributed by atoms with Crippen molar-refractivity contribution in [1.82, 2.24) is 4.31 Å². The molecule has 0 amide bonds. The van der Waals surface area contributed by atoms with Crippen LogP contribution in [0.25, 0.3) is 0 Å². The van der Waals surface area contributed by atoms with Crippen LogP contribution in [0.4, 0.5) is 0 Å². The first-order chi connectivity index (χ1) is 9.38. The zero-order valence-corrected chi connectivity index (χ0v) is 14.6. The van der Waals surface area contributed by atoms with Gasteiger partial charge in [-0.3, -0.25) is 0 Å². The topological polar surface area (TPSA) is 57.6 Å². The van der Waals surface area contributed by atoms with Gasteiger partial charge in [-0.2, -0.15) is 4.31 Å². The number of halogens is 1. The first kappa shape index (κ1) is 17.6. The van der Waals surface area contributed by atoms with Gasteiger partial charge < -0.3 is 5.11 Å². The fourth-order valence-electron chi connectivity index (χ4n) is 2.08. The van der Waals surface area contributed by atoms with Crippen LogP contribution in [-0.2, 0) is 16.6 Å².